The van der Waals surface area contributed by atoms with E-state index in [2.05, 4.69) is 5.10 Å². The van der Waals surface area contributed by atoms with Crippen LogP contribution in [0.5, 0.6) is 0 Å². The van der Waals surface area contributed by atoms with Gasteiger partial charge in [0.1, 0.15) is 0 Å². The lowest BCUT2D eigenvalue weighted by Gasteiger charge is -2.19. The summed E-state index contributed by atoms with van der Waals surface area (Å²) in [5.74, 6) is 0. The molecule has 90 valence electrons. The molecule has 0 atom stereocenters. The second-order valence-corrected chi connectivity index (χ2v) is 4.75. The molecule has 5 nitrogen and oxygen atoms in total. The molecule has 5 heteroatoms. The Bertz CT molecular complexity index is 366. The van der Waals surface area contributed by atoms with E-state index in [1.54, 1.807) is 17.1 Å². The van der Waals surface area contributed by atoms with Crippen LogP contribution >= 0.6 is 0 Å². The second kappa shape index (κ2) is 4.55. The Labute approximate surface area is 95.7 Å². The van der Waals surface area contributed by atoms with E-state index in [9.17, 15) is 4.79 Å². The minimum atomic E-state index is -0.935. The molecule has 0 saturated heterocycles. The largest absolute Gasteiger partial charge is 0.465 e. The lowest BCUT2D eigenvalue weighted by molar-refractivity contribution is 0.201. The van der Waals surface area contributed by atoms with Crippen LogP contribution in [0.25, 0.3) is 0 Å². The van der Waals surface area contributed by atoms with Gasteiger partial charge in [-0.15, -0.1) is 0 Å². The van der Waals surface area contributed by atoms with E-state index in [0.29, 0.717) is 12.2 Å². The fourth-order valence-electron chi connectivity index (χ4n) is 1.38. The lowest BCUT2D eigenvalue weighted by Crippen LogP contribution is -2.29. The maximum absolute atomic E-state index is 11.0. The average molecular weight is 225 g/mol. The van der Waals surface area contributed by atoms with Crippen molar-refractivity contribution < 1.29 is 9.90 Å². The first-order valence-corrected chi connectivity index (χ1v) is 5.42. The predicted octanol–water partition coefficient (Wildman–Crippen LogP) is 2.53. The van der Waals surface area contributed by atoms with Crippen LogP contribution < -0.4 is 4.90 Å². The normalized spacial score (nSPS) is 11.5. The molecule has 1 N–H and O–H groups in total. The summed E-state index contributed by atoms with van der Waals surface area (Å²) < 4.78 is 1.77. The lowest BCUT2D eigenvalue weighted by atomic mass is 10.1. The van der Waals surface area contributed by atoms with Crippen LogP contribution in [-0.2, 0) is 5.54 Å². The molecule has 0 unspecified atom stereocenters. The van der Waals surface area contributed by atoms with Crippen molar-refractivity contribution in [3.05, 3.63) is 12.4 Å². The number of hydrogen-bond acceptors (Lipinski definition) is 2. The number of aromatic nitrogens is 2. The monoisotopic (exact) mass is 225 g/mol. The van der Waals surface area contributed by atoms with Gasteiger partial charge in [-0.1, -0.05) is 6.92 Å². The summed E-state index contributed by atoms with van der Waals surface area (Å²) in [4.78, 5) is 12.4. The molecule has 0 fully saturated rings. The number of carboxylic acid groups (broad SMARTS) is 1. The van der Waals surface area contributed by atoms with Crippen LogP contribution in [0.3, 0.4) is 0 Å². The first kappa shape index (κ1) is 12.5. The van der Waals surface area contributed by atoms with Gasteiger partial charge in [-0.05, 0) is 27.2 Å². The Kier molecular flexibility index (Phi) is 3.57. The van der Waals surface area contributed by atoms with Crippen LogP contribution in [0.1, 0.15) is 34.1 Å². The standard InChI is InChI=1S/C11H19N3O2/c1-5-6-13(10(15)16)9-7-12-14(8-9)11(2,3)4/h7-8H,5-6H2,1-4H3,(H,15,16). The fourth-order valence-corrected chi connectivity index (χ4v) is 1.38. The molecule has 0 radical (unpaired) electrons. The van der Waals surface area contributed by atoms with Crippen LogP contribution in [0.15, 0.2) is 12.4 Å². The van der Waals surface area contributed by atoms with Gasteiger partial charge in [-0.3, -0.25) is 9.58 Å². The topological polar surface area (TPSA) is 58.4 Å². The molecule has 0 aromatic carbocycles. The van der Waals surface area contributed by atoms with Crippen molar-refractivity contribution in [2.75, 3.05) is 11.4 Å². The highest BCUT2D eigenvalue weighted by atomic mass is 16.4. The molecule has 1 amide bonds. The van der Waals surface area contributed by atoms with Crippen LogP contribution in [0, 0.1) is 0 Å². The van der Waals surface area contributed by atoms with Gasteiger partial charge in [0.25, 0.3) is 0 Å². The quantitative estimate of drug-likeness (QED) is 0.860. The Balaban J connectivity index is 2.95. The molecular formula is C11H19N3O2. The molecule has 1 aromatic heterocycles. The van der Waals surface area contributed by atoms with E-state index >= 15 is 0 Å². The number of rotatable bonds is 3. The number of nitrogens with zero attached hydrogens (tertiary/aromatic N) is 3. The smallest absolute Gasteiger partial charge is 0.411 e. The van der Waals surface area contributed by atoms with E-state index < -0.39 is 6.09 Å². The minimum Gasteiger partial charge on any atom is -0.465 e. The summed E-state index contributed by atoms with van der Waals surface area (Å²) in [5, 5.41) is 13.2. The van der Waals surface area contributed by atoms with Gasteiger partial charge in [0.05, 0.1) is 17.4 Å². The zero-order valence-corrected chi connectivity index (χ0v) is 10.3. The highest BCUT2D eigenvalue weighted by Crippen LogP contribution is 2.19. The van der Waals surface area contributed by atoms with E-state index in [4.69, 9.17) is 5.11 Å². The highest BCUT2D eigenvalue weighted by molar-refractivity contribution is 5.85. The third-order valence-electron chi connectivity index (χ3n) is 2.25. The van der Waals surface area contributed by atoms with Crippen molar-refractivity contribution in [3.63, 3.8) is 0 Å². The van der Waals surface area contributed by atoms with Gasteiger partial charge < -0.3 is 5.11 Å². The van der Waals surface area contributed by atoms with E-state index in [0.717, 1.165) is 6.42 Å². The minimum absolute atomic E-state index is 0.130. The first-order valence-electron chi connectivity index (χ1n) is 5.42. The molecule has 1 aromatic rings. The molecule has 0 saturated carbocycles. The van der Waals surface area contributed by atoms with Crippen LogP contribution in [0.4, 0.5) is 10.5 Å². The van der Waals surface area contributed by atoms with Crippen molar-refractivity contribution >= 4 is 11.8 Å². The summed E-state index contributed by atoms with van der Waals surface area (Å²) in [6, 6.07) is 0. The van der Waals surface area contributed by atoms with Crippen molar-refractivity contribution in [2.24, 2.45) is 0 Å². The molecular weight excluding hydrogens is 206 g/mol. The van der Waals surface area contributed by atoms with Crippen LogP contribution in [-0.4, -0.2) is 27.5 Å². The number of amides is 1. The summed E-state index contributed by atoms with van der Waals surface area (Å²) in [7, 11) is 0. The van der Waals surface area contributed by atoms with Gasteiger partial charge in [0.2, 0.25) is 0 Å². The maximum atomic E-state index is 11.0. The molecule has 1 rings (SSSR count). The Morgan fingerprint density at radius 3 is 2.56 bits per heavy atom. The zero-order valence-electron chi connectivity index (χ0n) is 10.3. The van der Waals surface area contributed by atoms with Crippen LogP contribution in [0.2, 0.25) is 0 Å². The van der Waals surface area contributed by atoms with E-state index in [-0.39, 0.29) is 5.54 Å². The van der Waals surface area contributed by atoms with E-state index in [1.807, 2.05) is 27.7 Å². The SMILES string of the molecule is CCCN(C(=O)O)c1cnn(C(C)(C)C)c1. The Hall–Kier alpha value is -1.52. The van der Waals surface area contributed by atoms with Crippen molar-refractivity contribution in [2.45, 2.75) is 39.7 Å². The van der Waals surface area contributed by atoms with Crippen molar-refractivity contribution in [1.29, 1.82) is 0 Å². The molecule has 1 heterocycles. The summed E-state index contributed by atoms with van der Waals surface area (Å²) in [5.41, 5.74) is 0.499. The van der Waals surface area contributed by atoms with Gasteiger partial charge in [-0.2, -0.15) is 5.10 Å². The molecule has 0 spiro atoms. The first-order chi connectivity index (χ1) is 7.36. The molecule has 0 aliphatic heterocycles. The fraction of sp³-hybridized carbons (Fsp3) is 0.636. The molecule has 16 heavy (non-hydrogen) atoms. The zero-order chi connectivity index (χ0) is 12.3. The highest BCUT2D eigenvalue weighted by Gasteiger charge is 2.19. The maximum Gasteiger partial charge on any atom is 0.411 e. The third kappa shape index (κ3) is 2.74. The number of carbonyl (C=O) groups is 1. The summed E-state index contributed by atoms with van der Waals surface area (Å²) in [6.07, 6.45) is 3.21. The Morgan fingerprint density at radius 2 is 2.19 bits per heavy atom. The third-order valence-corrected chi connectivity index (χ3v) is 2.25. The molecule has 0 aliphatic rings. The van der Waals surface area contributed by atoms with E-state index in [1.165, 1.54) is 4.90 Å². The summed E-state index contributed by atoms with van der Waals surface area (Å²) in [6.45, 7) is 8.51. The van der Waals surface area contributed by atoms with Crippen molar-refractivity contribution in [3.8, 4) is 0 Å². The van der Waals surface area contributed by atoms with Crippen molar-refractivity contribution in [1.82, 2.24) is 9.78 Å². The van der Waals surface area contributed by atoms with Gasteiger partial charge in [-0.25, -0.2) is 4.79 Å². The van der Waals surface area contributed by atoms with Gasteiger partial charge >= 0.3 is 6.09 Å². The number of anilines is 1. The average Bonchev–Trinajstić information content (AvgIpc) is 2.61. The molecule has 0 bridgehead atoms. The van der Waals surface area contributed by atoms with Gasteiger partial charge in [0.15, 0.2) is 0 Å². The summed E-state index contributed by atoms with van der Waals surface area (Å²) >= 11 is 0. The predicted molar refractivity (Wildman–Crippen MR) is 62.9 cm³/mol. The number of hydrogen-bond donors (Lipinski definition) is 1. The Morgan fingerprint density at radius 1 is 1.56 bits per heavy atom. The molecule has 0 aliphatic carbocycles. The van der Waals surface area contributed by atoms with Gasteiger partial charge in [0, 0.05) is 12.7 Å². The second-order valence-electron chi connectivity index (χ2n) is 4.75.